The highest BCUT2D eigenvalue weighted by Crippen LogP contribution is 2.15. The van der Waals surface area contributed by atoms with Gasteiger partial charge in [0.1, 0.15) is 0 Å². The second-order valence-electron chi connectivity index (χ2n) is 4.59. The van der Waals surface area contributed by atoms with Crippen molar-refractivity contribution in [1.82, 2.24) is 10.3 Å². The second-order valence-corrected chi connectivity index (χ2v) is 4.59. The van der Waals surface area contributed by atoms with Crippen LogP contribution in [0.1, 0.15) is 28.8 Å². The Morgan fingerprint density at radius 2 is 2.05 bits per heavy atom. The van der Waals surface area contributed by atoms with E-state index < -0.39 is 0 Å². The molecule has 1 heterocycles. The van der Waals surface area contributed by atoms with E-state index in [1.807, 2.05) is 18.2 Å². The zero-order valence-corrected chi connectivity index (χ0v) is 11.3. The molecule has 0 radical (unpaired) electrons. The summed E-state index contributed by atoms with van der Waals surface area (Å²) >= 11 is 0. The first-order valence-corrected chi connectivity index (χ1v) is 6.46. The van der Waals surface area contributed by atoms with Crippen LogP contribution in [-0.2, 0) is 0 Å². The average molecular weight is 270 g/mol. The Hall–Kier alpha value is -2.40. The lowest BCUT2D eigenvalue weighted by Gasteiger charge is -2.14. The van der Waals surface area contributed by atoms with Crippen molar-refractivity contribution < 1.29 is 4.79 Å². The standard InChI is InChI=1S/C15H18N4O/c1-11(12-5-3-2-4-6-12)9-18-15(20)13-7-8-17-10-14(13)19-16/h2-8,10-11,19H,9,16H2,1H3,(H,18,20). The van der Waals surface area contributed by atoms with Crippen LogP contribution in [0.15, 0.2) is 48.8 Å². The van der Waals surface area contributed by atoms with Crippen LogP contribution >= 0.6 is 0 Å². The van der Waals surface area contributed by atoms with Gasteiger partial charge in [-0.25, -0.2) is 0 Å². The highest BCUT2D eigenvalue weighted by atomic mass is 16.1. The molecule has 4 N–H and O–H groups in total. The molecule has 1 unspecified atom stereocenters. The summed E-state index contributed by atoms with van der Waals surface area (Å²) in [6.45, 7) is 2.64. The van der Waals surface area contributed by atoms with Crippen LogP contribution in [0.25, 0.3) is 0 Å². The Bertz CT molecular complexity index is 571. The monoisotopic (exact) mass is 270 g/mol. The van der Waals surface area contributed by atoms with E-state index in [1.165, 1.54) is 11.8 Å². The quantitative estimate of drug-likeness (QED) is 0.572. The summed E-state index contributed by atoms with van der Waals surface area (Å²) in [7, 11) is 0. The van der Waals surface area contributed by atoms with E-state index in [9.17, 15) is 4.79 Å². The number of pyridine rings is 1. The van der Waals surface area contributed by atoms with Gasteiger partial charge in [0, 0.05) is 12.7 Å². The Labute approximate surface area is 118 Å². The van der Waals surface area contributed by atoms with Gasteiger partial charge in [0.15, 0.2) is 0 Å². The summed E-state index contributed by atoms with van der Waals surface area (Å²) < 4.78 is 0. The predicted molar refractivity (Wildman–Crippen MR) is 79.2 cm³/mol. The number of hydrogen-bond donors (Lipinski definition) is 3. The highest BCUT2D eigenvalue weighted by Gasteiger charge is 2.12. The van der Waals surface area contributed by atoms with Crippen molar-refractivity contribution in [2.75, 3.05) is 12.0 Å². The second kappa shape index (κ2) is 6.68. The van der Waals surface area contributed by atoms with Gasteiger partial charge < -0.3 is 10.7 Å². The van der Waals surface area contributed by atoms with Crippen LogP contribution in [0, 0.1) is 0 Å². The smallest absolute Gasteiger partial charge is 0.253 e. The lowest BCUT2D eigenvalue weighted by Crippen LogP contribution is -2.28. The lowest BCUT2D eigenvalue weighted by molar-refractivity contribution is 0.0952. The third kappa shape index (κ3) is 3.33. The van der Waals surface area contributed by atoms with Gasteiger partial charge in [-0.05, 0) is 17.5 Å². The van der Waals surface area contributed by atoms with Crippen LogP contribution in [0.2, 0.25) is 0 Å². The number of hydrogen-bond acceptors (Lipinski definition) is 4. The van der Waals surface area contributed by atoms with Crippen LogP contribution < -0.4 is 16.6 Å². The largest absolute Gasteiger partial charge is 0.351 e. The van der Waals surface area contributed by atoms with Crippen LogP contribution in [0.5, 0.6) is 0 Å². The number of aromatic nitrogens is 1. The molecule has 0 aliphatic heterocycles. The van der Waals surface area contributed by atoms with Crippen molar-refractivity contribution in [3.63, 3.8) is 0 Å². The maximum atomic E-state index is 12.1. The lowest BCUT2D eigenvalue weighted by atomic mass is 10.0. The van der Waals surface area contributed by atoms with Gasteiger partial charge in [0.2, 0.25) is 0 Å². The molecule has 0 saturated carbocycles. The first kappa shape index (κ1) is 14.0. The maximum absolute atomic E-state index is 12.1. The molecule has 1 amide bonds. The molecular weight excluding hydrogens is 252 g/mol. The molecule has 1 aromatic carbocycles. The van der Waals surface area contributed by atoms with Crippen molar-refractivity contribution in [2.45, 2.75) is 12.8 Å². The third-order valence-corrected chi connectivity index (χ3v) is 3.16. The van der Waals surface area contributed by atoms with Gasteiger partial charge in [-0.15, -0.1) is 0 Å². The number of nitrogens with zero attached hydrogens (tertiary/aromatic N) is 1. The molecule has 5 nitrogen and oxygen atoms in total. The van der Waals surface area contributed by atoms with Crippen molar-refractivity contribution in [3.05, 3.63) is 59.9 Å². The van der Waals surface area contributed by atoms with Crippen molar-refractivity contribution >= 4 is 11.6 Å². The van der Waals surface area contributed by atoms with E-state index in [-0.39, 0.29) is 11.8 Å². The maximum Gasteiger partial charge on any atom is 0.253 e. The molecule has 0 bridgehead atoms. The van der Waals surface area contributed by atoms with E-state index in [0.29, 0.717) is 17.8 Å². The molecule has 0 aliphatic rings. The molecule has 5 heteroatoms. The van der Waals surface area contributed by atoms with E-state index in [2.05, 4.69) is 34.8 Å². The number of carbonyl (C=O) groups excluding carboxylic acids is 1. The third-order valence-electron chi connectivity index (χ3n) is 3.16. The van der Waals surface area contributed by atoms with Gasteiger partial charge in [-0.1, -0.05) is 37.3 Å². The summed E-state index contributed by atoms with van der Waals surface area (Å²) in [4.78, 5) is 16.0. The molecule has 1 atom stereocenters. The number of rotatable bonds is 5. The summed E-state index contributed by atoms with van der Waals surface area (Å²) in [6, 6.07) is 11.7. The fourth-order valence-corrected chi connectivity index (χ4v) is 1.95. The molecular formula is C15H18N4O. The van der Waals surface area contributed by atoms with E-state index in [4.69, 9.17) is 5.84 Å². The number of nitrogen functional groups attached to an aromatic ring is 1. The summed E-state index contributed by atoms with van der Waals surface area (Å²) in [5, 5.41) is 2.91. The fraction of sp³-hybridized carbons (Fsp3) is 0.200. The van der Waals surface area contributed by atoms with Gasteiger partial charge in [0.25, 0.3) is 5.91 Å². The number of nitrogens with one attached hydrogen (secondary N) is 2. The zero-order chi connectivity index (χ0) is 14.4. The number of hydrazine groups is 1. The van der Waals surface area contributed by atoms with Gasteiger partial charge in [-0.3, -0.25) is 15.6 Å². The van der Waals surface area contributed by atoms with Crippen LogP contribution in [0.3, 0.4) is 0 Å². The minimum absolute atomic E-state index is 0.164. The molecule has 2 aromatic rings. The molecule has 0 fully saturated rings. The van der Waals surface area contributed by atoms with E-state index in [0.717, 1.165) is 0 Å². The number of anilines is 1. The number of benzene rings is 1. The predicted octanol–water partition coefficient (Wildman–Crippen LogP) is 1.90. The summed E-state index contributed by atoms with van der Waals surface area (Å²) in [6.07, 6.45) is 3.09. The Morgan fingerprint density at radius 1 is 1.30 bits per heavy atom. The van der Waals surface area contributed by atoms with Crippen LogP contribution in [0.4, 0.5) is 5.69 Å². The Kier molecular flexibility index (Phi) is 4.68. The fourth-order valence-electron chi connectivity index (χ4n) is 1.95. The molecule has 0 aliphatic carbocycles. The molecule has 1 aromatic heterocycles. The van der Waals surface area contributed by atoms with Gasteiger partial charge in [-0.2, -0.15) is 0 Å². The first-order chi connectivity index (χ1) is 9.72. The minimum Gasteiger partial charge on any atom is -0.351 e. The molecule has 0 saturated heterocycles. The SMILES string of the molecule is CC(CNC(=O)c1ccncc1NN)c1ccccc1. The van der Waals surface area contributed by atoms with Crippen molar-refractivity contribution in [2.24, 2.45) is 5.84 Å². The molecule has 104 valence electrons. The molecule has 20 heavy (non-hydrogen) atoms. The minimum atomic E-state index is -0.164. The Morgan fingerprint density at radius 3 is 2.75 bits per heavy atom. The highest BCUT2D eigenvalue weighted by molar-refractivity contribution is 5.99. The number of amides is 1. The zero-order valence-electron chi connectivity index (χ0n) is 11.3. The van der Waals surface area contributed by atoms with Crippen molar-refractivity contribution in [3.8, 4) is 0 Å². The Balaban J connectivity index is 1.99. The normalized spacial score (nSPS) is 11.7. The van der Waals surface area contributed by atoms with E-state index in [1.54, 1.807) is 12.3 Å². The number of nitrogens with two attached hydrogens (primary N) is 1. The topological polar surface area (TPSA) is 80.0 Å². The average Bonchev–Trinajstić information content (AvgIpc) is 2.53. The summed E-state index contributed by atoms with van der Waals surface area (Å²) in [5.74, 6) is 5.45. The van der Waals surface area contributed by atoms with Crippen molar-refractivity contribution in [1.29, 1.82) is 0 Å². The first-order valence-electron chi connectivity index (χ1n) is 6.46. The van der Waals surface area contributed by atoms with Gasteiger partial charge >= 0.3 is 0 Å². The molecule has 2 rings (SSSR count). The van der Waals surface area contributed by atoms with E-state index >= 15 is 0 Å². The van der Waals surface area contributed by atoms with Crippen LogP contribution in [-0.4, -0.2) is 17.4 Å². The molecule has 0 spiro atoms. The number of carbonyl (C=O) groups is 1. The summed E-state index contributed by atoms with van der Waals surface area (Å²) in [5.41, 5.74) is 4.67. The van der Waals surface area contributed by atoms with Gasteiger partial charge in [0.05, 0.1) is 17.4 Å².